The predicted molar refractivity (Wildman–Crippen MR) is 178 cm³/mol. The van der Waals surface area contributed by atoms with E-state index in [1.54, 1.807) is 12.1 Å². The Morgan fingerprint density at radius 2 is 1.74 bits per heavy atom. The van der Waals surface area contributed by atoms with Gasteiger partial charge in [0.1, 0.15) is 5.82 Å². The fourth-order valence-corrected chi connectivity index (χ4v) is 8.38. The molecule has 0 spiro atoms. The molecule has 8 nitrogen and oxygen atoms in total. The average molecular weight is 648 g/mol. The lowest BCUT2D eigenvalue weighted by molar-refractivity contribution is 0.0193. The minimum absolute atomic E-state index is 0.0185. The third kappa shape index (κ3) is 6.08. The van der Waals surface area contributed by atoms with Gasteiger partial charge in [-0.05, 0) is 59.9 Å². The molecule has 3 aliphatic rings. The number of carboxylic acid groups (broad SMARTS) is 1. The smallest absolute Gasteiger partial charge is 0.337 e. The first kappa shape index (κ1) is 32.6. The number of aromatic nitrogens is 1. The van der Waals surface area contributed by atoms with Gasteiger partial charge in [-0.25, -0.2) is 9.18 Å². The Morgan fingerprint density at radius 3 is 2.41 bits per heavy atom. The molecular formula is C36H46FN3O5Si. The molecule has 1 amide bonds. The summed E-state index contributed by atoms with van der Waals surface area (Å²) in [5.74, 6) is -1.89. The van der Waals surface area contributed by atoms with Crippen molar-refractivity contribution in [2.75, 3.05) is 32.8 Å². The Morgan fingerprint density at radius 1 is 1.04 bits per heavy atom. The van der Waals surface area contributed by atoms with E-state index in [4.69, 9.17) is 9.16 Å². The van der Waals surface area contributed by atoms with Crippen LogP contribution in [0.15, 0.2) is 48.5 Å². The largest absolute Gasteiger partial charge is 0.478 e. The monoisotopic (exact) mass is 647 g/mol. The van der Waals surface area contributed by atoms with Gasteiger partial charge in [0.15, 0.2) is 8.32 Å². The fourth-order valence-electron chi connectivity index (χ4n) is 6.99. The minimum atomic E-state index is -2.17. The van der Waals surface area contributed by atoms with E-state index in [2.05, 4.69) is 50.9 Å². The Kier molecular flexibility index (Phi) is 8.77. The second-order valence-electron chi connectivity index (χ2n) is 14.6. The lowest BCUT2D eigenvalue weighted by Crippen LogP contribution is -2.52. The van der Waals surface area contributed by atoms with Crippen molar-refractivity contribution in [1.29, 1.82) is 0 Å². The van der Waals surface area contributed by atoms with E-state index in [-0.39, 0.29) is 34.6 Å². The fraction of sp³-hybridized carbons (Fsp3) is 0.500. The second kappa shape index (κ2) is 12.4. The molecule has 1 saturated heterocycles. The van der Waals surface area contributed by atoms with Gasteiger partial charge < -0.3 is 23.7 Å². The highest BCUT2D eigenvalue weighted by Crippen LogP contribution is 2.44. The first-order chi connectivity index (χ1) is 21.7. The zero-order chi connectivity index (χ0) is 33.0. The van der Waals surface area contributed by atoms with Crippen molar-refractivity contribution in [2.24, 2.45) is 0 Å². The second-order valence-corrected chi connectivity index (χ2v) is 19.4. The van der Waals surface area contributed by atoms with Crippen molar-refractivity contribution in [3.05, 3.63) is 82.3 Å². The van der Waals surface area contributed by atoms with Crippen LogP contribution in [0.5, 0.6) is 0 Å². The van der Waals surface area contributed by atoms with Crippen LogP contribution in [-0.4, -0.2) is 84.7 Å². The maximum absolute atomic E-state index is 15.1. The van der Waals surface area contributed by atoms with Crippen LogP contribution < -0.4 is 0 Å². The molecule has 1 unspecified atom stereocenters. The van der Waals surface area contributed by atoms with Gasteiger partial charge in [0.25, 0.3) is 5.91 Å². The van der Waals surface area contributed by atoms with Crippen molar-refractivity contribution < 1.29 is 28.2 Å². The van der Waals surface area contributed by atoms with Crippen LogP contribution in [0.2, 0.25) is 18.1 Å². The van der Waals surface area contributed by atoms with E-state index >= 15 is 4.39 Å². The average Bonchev–Trinajstić information content (AvgIpc) is 3.53. The lowest BCUT2D eigenvalue weighted by Gasteiger charge is -2.40. The van der Waals surface area contributed by atoms with Gasteiger partial charge in [-0.15, -0.1) is 0 Å². The van der Waals surface area contributed by atoms with Gasteiger partial charge in [-0.2, -0.15) is 0 Å². The lowest BCUT2D eigenvalue weighted by atomic mass is 9.92. The maximum atomic E-state index is 15.1. The standard InChI is InChI=1S/C36H46FN3O5Si/c1-23-32(45-46(5,6)36(2,3)4)22-40-31(19-30(33(23)40)35(42)43)29-18-26(37)11-12-28(29)34(41)39-20-25-10-8-7-9-24(25)17-27(39)21-38-13-15-44-16-14-38/h7-12,18-19,23,27,32H,13-17,20-22H2,1-6H3,(H,42,43)/t23?,27-,32-/m0/s1. The summed E-state index contributed by atoms with van der Waals surface area (Å²) < 4.78 is 29.4. The predicted octanol–water partition coefficient (Wildman–Crippen LogP) is 6.40. The van der Waals surface area contributed by atoms with Crippen molar-refractivity contribution in [3.63, 3.8) is 0 Å². The number of benzene rings is 2. The molecule has 2 aromatic carbocycles. The van der Waals surface area contributed by atoms with Crippen LogP contribution in [0, 0.1) is 5.82 Å². The number of fused-ring (bicyclic) bond motifs is 2. The van der Waals surface area contributed by atoms with Crippen molar-refractivity contribution in [1.82, 2.24) is 14.4 Å². The molecule has 6 rings (SSSR count). The molecule has 246 valence electrons. The Bertz CT molecular complexity index is 1640. The molecule has 46 heavy (non-hydrogen) atoms. The summed E-state index contributed by atoms with van der Waals surface area (Å²) in [6.45, 7) is 17.5. The molecule has 1 N–H and O–H groups in total. The van der Waals surface area contributed by atoms with Gasteiger partial charge in [0.05, 0.1) is 30.6 Å². The van der Waals surface area contributed by atoms with Gasteiger partial charge in [-0.1, -0.05) is 52.0 Å². The molecule has 0 bridgehead atoms. The van der Waals surface area contributed by atoms with E-state index in [0.717, 1.165) is 25.1 Å². The van der Waals surface area contributed by atoms with Crippen molar-refractivity contribution in [3.8, 4) is 11.3 Å². The SMILES string of the molecule is CC1c2c(C(=O)O)cc(-c3cc(F)ccc3C(=O)N3Cc4ccccc4C[C@H]3CN3CCOCC3)n2C[C@@H]1O[Si](C)(C)C(C)(C)C. The van der Waals surface area contributed by atoms with Crippen LogP contribution >= 0.6 is 0 Å². The molecule has 3 aliphatic heterocycles. The number of morpholine rings is 1. The maximum Gasteiger partial charge on any atom is 0.337 e. The zero-order valence-corrected chi connectivity index (χ0v) is 28.8. The first-order valence-corrected chi connectivity index (χ1v) is 19.3. The number of hydrogen-bond acceptors (Lipinski definition) is 5. The van der Waals surface area contributed by atoms with Crippen molar-refractivity contribution in [2.45, 2.75) is 83.4 Å². The molecule has 1 aromatic heterocycles. The highest BCUT2D eigenvalue weighted by atomic mass is 28.4. The molecule has 0 radical (unpaired) electrons. The van der Waals surface area contributed by atoms with Crippen LogP contribution in [0.3, 0.4) is 0 Å². The van der Waals surface area contributed by atoms with Crippen LogP contribution in [0.4, 0.5) is 4.39 Å². The number of aromatic carboxylic acids is 1. The van der Waals surface area contributed by atoms with E-state index in [1.807, 2.05) is 28.5 Å². The normalized spacial score (nSPS) is 22.1. The number of nitrogens with zero attached hydrogens (tertiary/aromatic N) is 3. The summed E-state index contributed by atoms with van der Waals surface area (Å²) in [5, 5.41) is 10.3. The van der Waals surface area contributed by atoms with E-state index in [0.29, 0.717) is 55.4 Å². The van der Waals surface area contributed by atoms with Gasteiger partial charge in [-0.3, -0.25) is 9.69 Å². The topological polar surface area (TPSA) is 84.2 Å². The van der Waals surface area contributed by atoms with Gasteiger partial charge >= 0.3 is 5.97 Å². The van der Waals surface area contributed by atoms with Crippen LogP contribution in [0.1, 0.15) is 71.1 Å². The van der Waals surface area contributed by atoms with Crippen LogP contribution in [-0.2, 0) is 28.7 Å². The number of amides is 1. The highest BCUT2D eigenvalue weighted by Gasteiger charge is 2.44. The first-order valence-electron chi connectivity index (χ1n) is 16.4. The number of halogens is 1. The molecule has 4 heterocycles. The van der Waals surface area contributed by atoms with E-state index < -0.39 is 20.1 Å². The van der Waals surface area contributed by atoms with E-state index in [1.165, 1.54) is 17.7 Å². The summed E-state index contributed by atoms with van der Waals surface area (Å²) in [5.41, 5.74) is 4.48. The third-order valence-electron chi connectivity index (χ3n) is 10.6. The molecular weight excluding hydrogens is 601 g/mol. The quantitative estimate of drug-likeness (QED) is 0.299. The molecule has 0 saturated carbocycles. The zero-order valence-electron chi connectivity index (χ0n) is 27.8. The summed E-state index contributed by atoms with van der Waals surface area (Å²) in [7, 11) is -2.17. The van der Waals surface area contributed by atoms with Gasteiger partial charge in [0.2, 0.25) is 0 Å². The number of carboxylic acids is 1. The molecule has 1 fully saturated rings. The van der Waals surface area contributed by atoms with Crippen LogP contribution in [0.25, 0.3) is 11.3 Å². The number of ether oxygens (including phenoxy) is 1. The summed E-state index contributed by atoms with van der Waals surface area (Å²) in [4.78, 5) is 31.5. The Labute approximate surface area is 272 Å². The summed E-state index contributed by atoms with van der Waals surface area (Å²) in [6, 6.07) is 14.0. The number of hydrogen-bond donors (Lipinski definition) is 1. The Hall–Kier alpha value is -3.31. The minimum Gasteiger partial charge on any atom is -0.478 e. The molecule has 0 aliphatic carbocycles. The molecule has 3 atom stereocenters. The Balaban J connectivity index is 1.39. The third-order valence-corrected chi connectivity index (χ3v) is 15.2. The molecule has 3 aromatic rings. The summed E-state index contributed by atoms with van der Waals surface area (Å²) in [6.07, 6.45) is 0.502. The number of carbonyl (C=O) groups excluding carboxylic acids is 1. The number of rotatable bonds is 7. The van der Waals surface area contributed by atoms with E-state index in [9.17, 15) is 14.7 Å². The van der Waals surface area contributed by atoms with Gasteiger partial charge in [0, 0.05) is 61.5 Å². The number of carbonyl (C=O) groups is 2. The summed E-state index contributed by atoms with van der Waals surface area (Å²) >= 11 is 0. The molecule has 10 heteroatoms. The highest BCUT2D eigenvalue weighted by molar-refractivity contribution is 6.74. The van der Waals surface area contributed by atoms with Crippen molar-refractivity contribution >= 4 is 20.2 Å².